The molecule has 11 heavy (non-hydrogen) atoms. The van der Waals surface area contributed by atoms with Crippen LogP contribution in [0.1, 0.15) is 18.4 Å². The molecule has 3 nitrogen and oxygen atoms in total. The number of imidazole rings is 1. The Kier molecular flexibility index (Phi) is 2.65. The largest absolute Gasteiger partial charge is 0.332 e. The Balaban J connectivity index is 2.86. The van der Waals surface area contributed by atoms with Crippen molar-refractivity contribution in [2.24, 2.45) is 0 Å². The summed E-state index contributed by atoms with van der Waals surface area (Å²) in [7, 11) is 1.93. The molecule has 0 unspecified atom stereocenters. The van der Waals surface area contributed by atoms with E-state index in [1.54, 1.807) is 0 Å². The Labute approximate surface area is 67.4 Å². The van der Waals surface area contributed by atoms with Crippen LogP contribution in [0, 0.1) is 6.92 Å². The molecule has 0 fully saturated rings. The number of hydrogen-bond acceptors (Lipinski definition) is 2. The fourth-order valence-corrected chi connectivity index (χ4v) is 1.24. The van der Waals surface area contributed by atoms with Gasteiger partial charge in [0.2, 0.25) is 0 Å². The van der Waals surface area contributed by atoms with Crippen molar-refractivity contribution >= 4 is 0 Å². The van der Waals surface area contributed by atoms with E-state index < -0.39 is 0 Å². The first-order chi connectivity index (χ1) is 5.29. The summed E-state index contributed by atoms with van der Waals surface area (Å²) in [6, 6.07) is 0. The van der Waals surface area contributed by atoms with E-state index in [4.69, 9.17) is 0 Å². The van der Waals surface area contributed by atoms with Gasteiger partial charge >= 0.3 is 0 Å². The van der Waals surface area contributed by atoms with Crippen molar-refractivity contribution < 1.29 is 0 Å². The van der Waals surface area contributed by atoms with E-state index in [2.05, 4.69) is 28.7 Å². The maximum atomic E-state index is 4.28. The normalized spacial score (nSPS) is 10.5. The van der Waals surface area contributed by atoms with Crippen molar-refractivity contribution in [1.82, 2.24) is 14.9 Å². The highest BCUT2D eigenvalue weighted by atomic mass is 15.1. The minimum Gasteiger partial charge on any atom is -0.332 e. The first-order valence-electron chi connectivity index (χ1n) is 3.95. The van der Waals surface area contributed by atoms with E-state index in [0.29, 0.717) is 0 Å². The fraction of sp³-hybridized carbons (Fsp3) is 0.625. The van der Waals surface area contributed by atoms with Gasteiger partial charge in [-0.15, -0.1) is 0 Å². The Morgan fingerprint density at radius 3 is 2.91 bits per heavy atom. The van der Waals surface area contributed by atoms with Crippen LogP contribution in [-0.4, -0.2) is 16.6 Å². The van der Waals surface area contributed by atoms with Gasteiger partial charge in [-0.1, -0.05) is 0 Å². The first-order valence-corrected chi connectivity index (χ1v) is 3.95. The van der Waals surface area contributed by atoms with E-state index in [1.807, 2.05) is 13.2 Å². The molecule has 1 heterocycles. The summed E-state index contributed by atoms with van der Waals surface area (Å²) in [5.41, 5.74) is 1.23. The molecule has 1 rings (SSSR count). The average Bonchev–Trinajstić information content (AvgIpc) is 2.33. The standard InChI is InChI=1S/C8H15N3/c1-4-11-7(2)5-10-8(11)6-9-3/h5,9H,4,6H2,1-3H3. The number of nitrogens with zero attached hydrogens (tertiary/aromatic N) is 2. The van der Waals surface area contributed by atoms with Crippen molar-refractivity contribution in [3.05, 3.63) is 17.7 Å². The molecule has 1 N–H and O–H groups in total. The second kappa shape index (κ2) is 3.53. The van der Waals surface area contributed by atoms with Crippen LogP contribution < -0.4 is 5.32 Å². The zero-order chi connectivity index (χ0) is 8.27. The predicted molar refractivity (Wildman–Crippen MR) is 45.4 cm³/mol. The Morgan fingerprint density at radius 2 is 2.36 bits per heavy atom. The van der Waals surface area contributed by atoms with Crippen LogP contribution in [0.5, 0.6) is 0 Å². The molecule has 0 bridgehead atoms. The van der Waals surface area contributed by atoms with Gasteiger partial charge in [-0.25, -0.2) is 4.98 Å². The molecule has 62 valence electrons. The van der Waals surface area contributed by atoms with E-state index in [1.165, 1.54) is 5.69 Å². The van der Waals surface area contributed by atoms with E-state index in [9.17, 15) is 0 Å². The molecule has 0 saturated heterocycles. The molecule has 3 heteroatoms. The van der Waals surface area contributed by atoms with Crippen LogP contribution in [0.25, 0.3) is 0 Å². The van der Waals surface area contributed by atoms with Gasteiger partial charge in [0.15, 0.2) is 0 Å². The zero-order valence-corrected chi connectivity index (χ0v) is 7.39. The smallest absolute Gasteiger partial charge is 0.122 e. The SMILES string of the molecule is CCn1c(C)cnc1CNC. The lowest BCUT2D eigenvalue weighted by atomic mass is 10.5. The minimum atomic E-state index is 0.849. The van der Waals surface area contributed by atoms with Crippen LogP contribution >= 0.6 is 0 Å². The van der Waals surface area contributed by atoms with Gasteiger partial charge in [0, 0.05) is 18.4 Å². The average molecular weight is 153 g/mol. The summed E-state index contributed by atoms with van der Waals surface area (Å²) >= 11 is 0. The fourth-order valence-electron chi connectivity index (χ4n) is 1.24. The Hall–Kier alpha value is -0.830. The van der Waals surface area contributed by atoms with Gasteiger partial charge in [0.25, 0.3) is 0 Å². The second-order valence-corrected chi connectivity index (χ2v) is 2.59. The third-order valence-electron chi connectivity index (χ3n) is 1.79. The number of rotatable bonds is 3. The molecular weight excluding hydrogens is 138 g/mol. The summed E-state index contributed by atoms with van der Waals surface area (Å²) in [4.78, 5) is 4.28. The number of aryl methyl sites for hydroxylation is 1. The quantitative estimate of drug-likeness (QED) is 0.700. The molecule has 0 aromatic carbocycles. The van der Waals surface area contributed by atoms with Crippen LogP contribution in [-0.2, 0) is 13.1 Å². The lowest BCUT2D eigenvalue weighted by molar-refractivity contribution is 0.645. The molecule has 0 saturated carbocycles. The predicted octanol–water partition coefficient (Wildman–Crippen LogP) is 0.931. The van der Waals surface area contributed by atoms with Crippen molar-refractivity contribution in [2.45, 2.75) is 26.9 Å². The van der Waals surface area contributed by atoms with Crippen LogP contribution in [0.4, 0.5) is 0 Å². The number of hydrogen-bond donors (Lipinski definition) is 1. The summed E-state index contributed by atoms with van der Waals surface area (Å²) in [5, 5.41) is 3.09. The Morgan fingerprint density at radius 1 is 1.64 bits per heavy atom. The highest BCUT2D eigenvalue weighted by Crippen LogP contribution is 2.02. The lowest BCUT2D eigenvalue weighted by Crippen LogP contribution is -2.12. The lowest BCUT2D eigenvalue weighted by Gasteiger charge is -2.05. The molecule has 1 aromatic heterocycles. The van der Waals surface area contributed by atoms with Crippen LogP contribution in [0.15, 0.2) is 6.20 Å². The second-order valence-electron chi connectivity index (χ2n) is 2.59. The van der Waals surface area contributed by atoms with E-state index >= 15 is 0 Å². The maximum Gasteiger partial charge on any atom is 0.122 e. The molecule has 1 aromatic rings. The van der Waals surface area contributed by atoms with Gasteiger partial charge < -0.3 is 9.88 Å². The van der Waals surface area contributed by atoms with Gasteiger partial charge in [0.05, 0.1) is 6.54 Å². The van der Waals surface area contributed by atoms with Gasteiger partial charge in [-0.05, 0) is 20.9 Å². The molecule has 0 atom stereocenters. The zero-order valence-electron chi connectivity index (χ0n) is 7.39. The van der Waals surface area contributed by atoms with Crippen molar-refractivity contribution in [2.75, 3.05) is 7.05 Å². The Bertz CT molecular complexity index is 227. The van der Waals surface area contributed by atoms with Gasteiger partial charge in [-0.3, -0.25) is 0 Å². The summed E-state index contributed by atoms with van der Waals surface area (Å²) in [5.74, 6) is 1.12. The van der Waals surface area contributed by atoms with Crippen LogP contribution in [0.2, 0.25) is 0 Å². The van der Waals surface area contributed by atoms with Gasteiger partial charge in [0.1, 0.15) is 5.82 Å². The monoisotopic (exact) mass is 153 g/mol. The molecule has 0 radical (unpaired) electrons. The van der Waals surface area contributed by atoms with E-state index in [-0.39, 0.29) is 0 Å². The third-order valence-corrected chi connectivity index (χ3v) is 1.79. The molecule has 0 amide bonds. The first kappa shape index (κ1) is 8.27. The molecular formula is C8H15N3. The van der Waals surface area contributed by atoms with E-state index in [0.717, 1.165) is 18.9 Å². The highest BCUT2D eigenvalue weighted by molar-refractivity contribution is 5.02. The van der Waals surface area contributed by atoms with Crippen molar-refractivity contribution in [3.8, 4) is 0 Å². The maximum absolute atomic E-state index is 4.28. The van der Waals surface area contributed by atoms with Crippen LogP contribution in [0.3, 0.4) is 0 Å². The molecule has 0 aliphatic heterocycles. The van der Waals surface area contributed by atoms with Crippen molar-refractivity contribution in [1.29, 1.82) is 0 Å². The number of nitrogens with one attached hydrogen (secondary N) is 1. The topological polar surface area (TPSA) is 29.9 Å². The third kappa shape index (κ3) is 1.60. The summed E-state index contributed by atoms with van der Waals surface area (Å²) in [6.45, 7) is 6.06. The van der Waals surface area contributed by atoms with Crippen molar-refractivity contribution in [3.63, 3.8) is 0 Å². The van der Waals surface area contributed by atoms with Gasteiger partial charge in [-0.2, -0.15) is 0 Å². The number of aromatic nitrogens is 2. The molecule has 0 aliphatic carbocycles. The molecule has 0 spiro atoms. The highest BCUT2D eigenvalue weighted by Gasteiger charge is 2.02. The summed E-state index contributed by atoms with van der Waals surface area (Å²) in [6.07, 6.45) is 1.91. The summed E-state index contributed by atoms with van der Waals surface area (Å²) < 4.78 is 2.20. The minimum absolute atomic E-state index is 0.849. The molecule has 0 aliphatic rings.